The fraction of sp³-hybridized carbons (Fsp3) is 0.476. The smallest absolute Gasteiger partial charge is 0.233 e. The van der Waals surface area contributed by atoms with Gasteiger partial charge in [-0.3, -0.25) is 4.79 Å². The van der Waals surface area contributed by atoms with Gasteiger partial charge < -0.3 is 9.64 Å². The van der Waals surface area contributed by atoms with Gasteiger partial charge in [0.05, 0.1) is 12.0 Å². The lowest BCUT2D eigenvalue weighted by Gasteiger charge is -2.39. The van der Waals surface area contributed by atoms with Gasteiger partial charge in [0, 0.05) is 23.8 Å². The maximum atomic E-state index is 13.6. The molecule has 142 valence electrons. The van der Waals surface area contributed by atoms with Crippen LogP contribution in [0.25, 0.3) is 0 Å². The van der Waals surface area contributed by atoms with Crippen molar-refractivity contribution in [3.63, 3.8) is 0 Å². The Bertz CT molecular complexity index is 776. The van der Waals surface area contributed by atoms with Gasteiger partial charge in [-0.25, -0.2) is 9.97 Å². The number of carbonyl (C=O) groups is 1. The molecular formula is C21H24ClN3O2. The average molecular weight is 386 g/mol. The molecule has 2 fully saturated rings. The Kier molecular flexibility index (Phi) is 5.30. The summed E-state index contributed by atoms with van der Waals surface area (Å²) in [6.07, 6.45) is 8.98. The van der Waals surface area contributed by atoms with E-state index in [0.29, 0.717) is 17.4 Å². The van der Waals surface area contributed by atoms with Gasteiger partial charge in [0.15, 0.2) is 0 Å². The molecule has 5 nitrogen and oxygen atoms in total. The topological polar surface area (TPSA) is 55.3 Å². The molecule has 0 bridgehead atoms. The molecular weight excluding hydrogens is 362 g/mol. The number of aromatic nitrogens is 2. The SMILES string of the molecule is O=C(N1CCCC(Oc2ccncn2)C1)C1(c2ccc(Cl)cc2)CCCC1. The van der Waals surface area contributed by atoms with Gasteiger partial charge in [0.25, 0.3) is 0 Å². The highest BCUT2D eigenvalue weighted by Gasteiger charge is 2.45. The summed E-state index contributed by atoms with van der Waals surface area (Å²) in [6.45, 7) is 1.40. The highest BCUT2D eigenvalue weighted by Crippen LogP contribution is 2.43. The number of halogens is 1. The molecule has 6 heteroatoms. The second-order valence-corrected chi connectivity index (χ2v) is 7.91. The first kappa shape index (κ1) is 18.2. The summed E-state index contributed by atoms with van der Waals surface area (Å²) in [5, 5.41) is 0.704. The fourth-order valence-corrected chi connectivity index (χ4v) is 4.54. The standard InChI is InChI=1S/C21H24ClN3O2/c22-17-7-5-16(6-8-17)21(10-1-2-11-21)20(26)25-13-3-4-18(14-25)27-19-9-12-23-15-24-19/h5-9,12,15,18H,1-4,10-11,13-14H2. The predicted octanol–water partition coefficient (Wildman–Crippen LogP) is 4.01. The van der Waals surface area contributed by atoms with E-state index in [0.717, 1.165) is 50.6 Å². The summed E-state index contributed by atoms with van der Waals surface area (Å²) in [6, 6.07) is 9.57. The summed E-state index contributed by atoms with van der Waals surface area (Å²) in [4.78, 5) is 23.7. The second kappa shape index (κ2) is 7.85. The van der Waals surface area contributed by atoms with E-state index in [2.05, 4.69) is 9.97 Å². The van der Waals surface area contributed by atoms with Crippen molar-refractivity contribution < 1.29 is 9.53 Å². The highest BCUT2D eigenvalue weighted by atomic mass is 35.5. The van der Waals surface area contributed by atoms with Crippen LogP contribution in [0.3, 0.4) is 0 Å². The molecule has 2 aromatic rings. The van der Waals surface area contributed by atoms with Gasteiger partial charge in [0.1, 0.15) is 12.4 Å². The summed E-state index contributed by atoms with van der Waals surface area (Å²) in [7, 11) is 0. The molecule has 2 heterocycles. The Hall–Kier alpha value is -2.14. The fourth-order valence-electron chi connectivity index (χ4n) is 4.41. The zero-order valence-corrected chi connectivity index (χ0v) is 16.1. The van der Waals surface area contributed by atoms with Gasteiger partial charge in [-0.2, -0.15) is 0 Å². The lowest BCUT2D eigenvalue weighted by molar-refractivity contribution is -0.140. The van der Waals surface area contributed by atoms with E-state index in [-0.39, 0.29) is 12.0 Å². The Morgan fingerprint density at radius 2 is 1.93 bits per heavy atom. The third-order valence-electron chi connectivity index (χ3n) is 5.77. The first-order valence-corrected chi connectivity index (χ1v) is 10.0. The Balaban J connectivity index is 1.52. The molecule has 1 aliphatic heterocycles. The van der Waals surface area contributed by atoms with E-state index in [1.165, 1.54) is 6.33 Å². The lowest BCUT2D eigenvalue weighted by atomic mass is 9.77. The number of rotatable bonds is 4. The first-order chi connectivity index (χ1) is 13.2. The molecule has 0 radical (unpaired) electrons. The lowest BCUT2D eigenvalue weighted by Crippen LogP contribution is -2.51. The molecule has 1 aromatic heterocycles. The molecule has 4 rings (SSSR count). The number of piperidine rings is 1. The number of ether oxygens (including phenoxy) is 1. The van der Waals surface area contributed by atoms with Crippen LogP contribution < -0.4 is 4.74 Å². The van der Waals surface area contributed by atoms with Crippen LogP contribution >= 0.6 is 11.6 Å². The number of amides is 1. The minimum atomic E-state index is -0.415. The molecule has 1 amide bonds. The third kappa shape index (κ3) is 3.79. The van der Waals surface area contributed by atoms with Gasteiger partial charge in [-0.1, -0.05) is 36.6 Å². The first-order valence-electron chi connectivity index (χ1n) is 9.65. The van der Waals surface area contributed by atoms with Crippen molar-refractivity contribution in [2.75, 3.05) is 13.1 Å². The van der Waals surface area contributed by atoms with E-state index in [9.17, 15) is 4.79 Å². The molecule has 1 saturated heterocycles. The number of hydrogen-bond acceptors (Lipinski definition) is 4. The summed E-state index contributed by atoms with van der Waals surface area (Å²) in [5.74, 6) is 0.802. The normalized spacial score (nSPS) is 21.8. The summed E-state index contributed by atoms with van der Waals surface area (Å²) in [5.41, 5.74) is 0.676. The van der Waals surface area contributed by atoms with Gasteiger partial charge in [-0.15, -0.1) is 0 Å². The third-order valence-corrected chi connectivity index (χ3v) is 6.02. The largest absolute Gasteiger partial charge is 0.472 e. The van der Waals surface area contributed by atoms with Crippen LogP contribution in [-0.4, -0.2) is 40.0 Å². The Morgan fingerprint density at radius 3 is 2.63 bits per heavy atom. The highest BCUT2D eigenvalue weighted by molar-refractivity contribution is 6.30. The van der Waals surface area contributed by atoms with E-state index < -0.39 is 5.41 Å². The average Bonchev–Trinajstić information content (AvgIpc) is 3.20. The van der Waals surface area contributed by atoms with Crippen molar-refractivity contribution in [2.45, 2.75) is 50.0 Å². The molecule has 0 spiro atoms. The molecule has 1 aliphatic carbocycles. The number of benzene rings is 1. The molecule has 0 N–H and O–H groups in total. The van der Waals surface area contributed by atoms with E-state index in [1.54, 1.807) is 12.3 Å². The number of carbonyl (C=O) groups excluding carboxylic acids is 1. The van der Waals surface area contributed by atoms with Crippen molar-refractivity contribution >= 4 is 17.5 Å². The molecule has 2 aliphatic rings. The summed E-state index contributed by atoms with van der Waals surface area (Å²) >= 11 is 6.07. The molecule has 1 atom stereocenters. The zero-order valence-electron chi connectivity index (χ0n) is 15.3. The number of hydrogen-bond donors (Lipinski definition) is 0. The molecule has 1 aromatic carbocycles. The van der Waals surface area contributed by atoms with Crippen LogP contribution in [-0.2, 0) is 10.2 Å². The zero-order chi connectivity index (χ0) is 18.7. The molecule has 27 heavy (non-hydrogen) atoms. The Labute approximate surface area is 164 Å². The van der Waals surface area contributed by atoms with Crippen molar-refractivity contribution in [2.24, 2.45) is 0 Å². The van der Waals surface area contributed by atoms with E-state index >= 15 is 0 Å². The van der Waals surface area contributed by atoms with Crippen LogP contribution in [0.4, 0.5) is 0 Å². The minimum Gasteiger partial charge on any atom is -0.472 e. The van der Waals surface area contributed by atoms with Gasteiger partial charge in [-0.05, 0) is 43.4 Å². The van der Waals surface area contributed by atoms with Gasteiger partial charge >= 0.3 is 0 Å². The predicted molar refractivity (Wildman–Crippen MR) is 104 cm³/mol. The van der Waals surface area contributed by atoms with Gasteiger partial charge in [0.2, 0.25) is 11.8 Å². The van der Waals surface area contributed by atoms with Crippen molar-refractivity contribution in [1.29, 1.82) is 0 Å². The van der Waals surface area contributed by atoms with Crippen LogP contribution in [0.15, 0.2) is 42.9 Å². The van der Waals surface area contributed by atoms with E-state index in [1.807, 2.05) is 29.2 Å². The molecule has 1 saturated carbocycles. The Morgan fingerprint density at radius 1 is 1.15 bits per heavy atom. The van der Waals surface area contributed by atoms with Crippen LogP contribution in [0.1, 0.15) is 44.1 Å². The number of likely N-dealkylation sites (tertiary alicyclic amines) is 1. The van der Waals surface area contributed by atoms with Crippen LogP contribution in [0.5, 0.6) is 5.88 Å². The minimum absolute atomic E-state index is 0.0266. The summed E-state index contributed by atoms with van der Waals surface area (Å²) < 4.78 is 5.99. The van der Waals surface area contributed by atoms with Crippen molar-refractivity contribution in [3.8, 4) is 5.88 Å². The van der Waals surface area contributed by atoms with Crippen LogP contribution in [0, 0.1) is 0 Å². The van der Waals surface area contributed by atoms with Crippen LogP contribution in [0.2, 0.25) is 5.02 Å². The maximum Gasteiger partial charge on any atom is 0.233 e. The van der Waals surface area contributed by atoms with Crippen molar-refractivity contribution in [3.05, 3.63) is 53.4 Å². The second-order valence-electron chi connectivity index (χ2n) is 7.48. The quantitative estimate of drug-likeness (QED) is 0.797. The number of nitrogens with zero attached hydrogens (tertiary/aromatic N) is 3. The molecule has 1 unspecified atom stereocenters. The monoisotopic (exact) mass is 385 g/mol. The van der Waals surface area contributed by atoms with E-state index in [4.69, 9.17) is 16.3 Å². The maximum absolute atomic E-state index is 13.6. The van der Waals surface area contributed by atoms with Crippen molar-refractivity contribution in [1.82, 2.24) is 14.9 Å².